The highest BCUT2D eigenvalue weighted by Gasteiger charge is 2.31. The maximum atomic E-state index is 12.3. The van der Waals surface area contributed by atoms with E-state index < -0.39 is 24.2 Å². The van der Waals surface area contributed by atoms with Crippen LogP contribution in [-0.4, -0.2) is 63.9 Å². The monoisotopic (exact) mass is 822 g/mol. The molecule has 8 rings (SSSR count). The number of aliphatic hydroxyl groups is 1. The third-order valence-corrected chi connectivity index (χ3v) is 7.75. The van der Waals surface area contributed by atoms with Crippen molar-refractivity contribution < 1.29 is 49.8 Å². The molecule has 21 heteroatoms. The van der Waals surface area contributed by atoms with E-state index in [4.69, 9.17) is 13.9 Å². The van der Waals surface area contributed by atoms with Crippen LogP contribution in [-0.2, 0) is 19.4 Å². The summed E-state index contributed by atoms with van der Waals surface area (Å²) in [6.07, 6.45) is 1.17. The molecule has 0 fully saturated rings. The zero-order valence-corrected chi connectivity index (χ0v) is 30.0. The van der Waals surface area contributed by atoms with E-state index in [2.05, 4.69) is 44.4 Å². The minimum atomic E-state index is -4.76. The molecule has 2 aromatic carbocycles. The number of aryl methyl sites for hydroxylation is 2. The average Bonchev–Trinajstić information content (AvgIpc) is 3.74. The highest BCUT2D eigenvalue weighted by atomic mass is 19.4. The fourth-order valence-electron chi connectivity index (χ4n) is 5.22. The molecule has 59 heavy (non-hydrogen) atoms. The highest BCUT2D eigenvalue weighted by molar-refractivity contribution is 5.74. The molecule has 6 heterocycles. The van der Waals surface area contributed by atoms with Crippen molar-refractivity contribution in [2.45, 2.75) is 32.1 Å². The molecule has 0 saturated carbocycles. The number of hydrogen-bond donors (Lipinski definition) is 2. The van der Waals surface area contributed by atoms with Gasteiger partial charge in [-0.25, -0.2) is 19.6 Å². The third kappa shape index (κ3) is 11.8. The predicted octanol–water partition coefficient (Wildman–Crippen LogP) is 6.68. The normalized spacial score (nSPS) is 11.4. The average molecular weight is 823 g/mol. The summed E-state index contributed by atoms with van der Waals surface area (Å²) in [5, 5.41) is 8.45. The van der Waals surface area contributed by atoms with Crippen LogP contribution in [0.1, 0.15) is 11.4 Å². The van der Waals surface area contributed by atoms with Crippen LogP contribution in [0.15, 0.2) is 128 Å². The number of nitrogens with one attached hydrogen (secondary N) is 1. The van der Waals surface area contributed by atoms with Crippen LogP contribution in [0.4, 0.5) is 26.3 Å². The number of halogens is 6. The lowest BCUT2D eigenvalue weighted by atomic mass is 10.1. The van der Waals surface area contributed by atoms with Gasteiger partial charge in [-0.1, -0.05) is 0 Å². The van der Waals surface area contributed by atoms with Crippen molar-refractivity contribution in [3.63, 3.8) is 0 Å². The van der Waals surface area contributed by atoms with E-state index in [1.165, 1.54) is 53.1 Å². The van der Waals surface area contributed by atoms with Crippen LogP contribution in [0.25, 0.3) is 45.0 Å². The van der Waals surface area contributed by atoms with Gasteiger partial charge in [-0.2, -0.15) is 0 Å². The number of H-pyrrole nitrogens is 1. The first-order valence-corrected chi connectivity index (χ1v) is 17.1. The zero-order chi connectivity index (χ0) is 42.0. The van der Waals surface area contributed by atoms with Gasteiger partial charge < -0.3 is 23.4 Å². The zero-order valence-electron chi connectivity index (χ0n) is 30.0. The van der Waals surface area contributed by atoms with Crippen molar-refractivity contribution in [2.75, 3.05) is 6.61 Å². The van der Waals surface area contributed by atoms with E-state index in [0.717, 1.165) is 5.69 Å². The second kappa shape index (κ2) is 18.2. The molecule has 8 aromatic rings. The molecule has 304 valence electrons. The topological polar surface area (TPSA) is 197 Å². The Hall–Kier alpha value is -7.42. The largest absolute Gasteiger partial charge is 0.573 e. The van der Waals surface area contributed by atoms with Crippen LogP contribution < -0.4 is 21.0 Å². The summed E-state index contributed by atoms with van der Waals surface area (Å²) >= 11 is 0. The fourth-order valence-corrected chi connectivity index (χ4v) is 5.22. The Kier molecular flexibility index (Phi) is 12.7. The molecule has 0 atom stereocenters. The minimum absolute atomic E-state index is 0.138. The van der Waals surface area contributed by atoms with Gasteiger partial charge in [0.05, 0.1) is 22.8 Å². The summed E-state index contributed by atoms with van der Waals surface area (Å²) in [7, 11) is 0. The van der Waals surface area contributed by atoms with E-state index in [1.54, 1.807) is 61.4 Å². The second-order valence-electron chi connectivity index (χ2n) is 11.9. The molecule has 0 unspecified atom stereocenters. The molecule has 15 nitrogen and oxygen atoms in total. The number of benzene rings is 2. The summed E-state index contributed by atoms with van der Waals surface area (Å²) in [5.41, 5.74) is 4.88. The molecule has 6 aromatic heterocycles. The van der Waals surface area contributed by atoms with Gasteiger partial charge >= 0.3 is 24.2 Å². The lowest BCUT2D eigenvalue weighted by Gasteiger charge is -2.09. The van der Waals surface area contributed by atoms with Crippen LogP contribution >= 0.6 is 0 Å². The number of aliphatic hydroxyl groups excluding tert-OH is 1. The summed E-state index contributed by atoms with van der Waals surface area (Å²) < 4.78 is 92.1. The van der Waals surface area contributed by atoms with Gasteiger partial charge in [0.1, 0.15) is 11.5 Å². The number of aromatic nitrogens is 8. The van der Waals surface area contributed by atoms with Crippen LogP contribution in [0.5, 0.6) is 11.5 Å². The maximum absolute atomic E-state index is 12.3. The molecular weight excluding hydrogens is 794 g/mol. The number of pyridine rings is 2. The first-order chi connectivity index (χ1) is 28.2. The minimum Gasteiger partial charge on any atom is -0.406 e. The van der Waals surface area contributed by atoms with Crippen molar-refractivity contribution in [2.24, 2.45) is 0 Å². The highest BCUT2D eigenvalue weighted by Crippen LogP contribution is 2.28. The number of nitrogens with zero attached hydrogens (tertiary/aromatic N) is 7. The van der Waals surface area contributed by atoms with Gasteiger partial charge in [0.15, 0.2) is 22.5 Å². The van der Waals surface area contributed by atoms with Gasteiger partial charge in [-0.05, 0) is 72.8 Å². The molecule has 0 aliphatic rings. The summed E-state index contributed by atoms with van der Waals surface area (Å²) in [6.45, 7) is 0.429. The Morgan fingerprint density at radius 3 is 1.68 bits per heavy atom. The second-order valence-corrected chi connectivity index (χ2v) is 11.9. The summed E-state index contributed by atoms with van der Waals surface area (Å²) in [6, 6.07) is 16.9. The Labute approximate surface area is 326 Å². The number of fused-ring (bicyclic) bond motifs is 2. The van der Waals surface area contributed by atoms with Crippen LogP contribution in [0, 0.1) is 0 Å². The SMILES string of the molecule is O=c1[nH]c2nc(-c3ccc(OC(F)(F)F)cc3)ccc2o1.O=c1oc2ccc(-c3ccc(OC(F)(F)F)cc3)nc2n1CCc1cnccn1.OCCc1cnccn1. The van der Waals surface area contributed by atoms with Crippen LogP contribution in [0.3, 0.4) is 0 Å². The van der Waals surface area contributed by atoms with E-state index in [-0.39, 0.29) is 23.8 Å². The molecule has 0 amide bonds. The number of alkyl halides is 6. The predicted molar refractivity (Wildman–Crippen MR) is 196 cm³/mol. The maximum Gasteiger partial charge on any atom is 0.573 e. The standard InChI is InChI=1S/C19H13F3N4O3.C13H7F3N2O3.C6H8N2O/c20-19(21,22)29-14-3-1-12(2-4-14)15-5-6-16-17(25-15)26(18(27)28-16)10-7-13-11-23-8-9-24-13;14-13(15,16)21-8-3-1-7(2-4-8)9-5-6-10-11(17-9)18-12(19)20-10;9-4-1-6-5-7-2-3-8-6/h1-6,8-9,11H,7,10H2;1-6H,(H,17,18,19);2-3,5,9H,1,4H2. The molecule has 0 spiro atoms. The lowest BCUT2D eigenvalue weighted by Crippen LogP contribution is -2.17. The first-order valence-electron chi connectivity index (χ1n) is 17.1. The molecule has 0 bridgehead atoms. The molecule has 0 radical (unpaired) electrons. The van der Waals surface area contributed by atoms with E-state index >= 15 is 0 Å². The van der Waals surface area contributed by atoms with Crippen molar-refractivity contribution >= 4 is 22.5 Å². The molecular formula is C38H28F6N8O7. The van der Waals surface area contributed by atoms with Crippen molar-refractivity contribution in [1.82, 2.24) is 39.5 Å². The number of ether oxygens (including phenoxy) is 2. The Morgan fingerprint density at radius 2 is 1.17 bits per heavy atom. The summed E-state index contributed by atoms with van der Waals surface area (Å²) in [4.78, 5) is 50.2. The first kappa shape index (κ1) is 41.2. The summed E-state index contributed by atoms with van der Waals surface area (Å²) in [5.74, 6) is -1.82. The molecule has 0 saturated heterocycles. The van der Waals surface area contributed by atoms with Crippen molar-refractivity contribution in [3.8, 4) is 34.0 Å². The van der Waals surface area contributed by atoms with Gasteiger partial charge in [0.25, 0.3) is 0 Å². The van der Waals surface area contributed by atoms with E-state index in [1.807, 2.05) is 0 Å². The van der Waals surface area contributed by atoms with E-state index in [9.17, 15) is 35.9 Å². The van der Waals surface area contributed by atoms with Gasteiger partial charge in [-0.3, -0.25) is 29.5 Å². The fraction of sp³-hybridized carbons (Fsp3) is 0.158. The molecule has 0 aliphatic heterocycles. The lowest BCUT2D eigenvalue weighted by molar-refractivity contribution is -0.275. The Bertz CT molecular complexity index is 2700. The van der Waals surface area contributed by atoms with Gasteiger partial charge in [0, 0.05) is 74.3 Å². The van der Waals surface area contributed by atoms with Crippen molar-refractivity contribution in [3.05, 3.63) is 142 Å². The van der Waals surface area contributed by atoms with Crippen molar-refractivity contribution in [1.29, 1.82) is 0 Å². The molecule has 2 N–H and O–H groups in total. The van der Waals surface area contributed by atoms with E-state index in [0.29, 0.717) is 64.4 Å². The van der Waals surface area contributed by atoms with Crippen LogP contribution in [0.2, 0.25) is 0 Å². The quantitative estimate of drug-likeness (QED) is 0.146. The Balaban J connectivity index is 0.000000169. The number of oxazole rings is 2. The van der Waals surface area contributed by atoms with Gasteiger partial charge in [0.2, 0.25) is 0 Å². The third-order valence-electron chi connectivity index (χ3n) is 7.75. The number of hydrogen-bond acceptors (Lipinski definition) is 13. The Morgan fingerprint density at radius 1 is 0.644 bits per heavy atom. The van der Waals surface area contributed by atoms with Gasteiger partial charge in [-0.15, -0.1) is 26.3 Å². The molecule has 0 aliphatic carbocycles. The number of aromatic amines is 1. The number of rotatable bonds is 9. The smallest absolute Gasteiger partial charge is 0.406 e.